The van der Waals surface area contributed by atoms with Crippen LogP contribution in [0.4, 0.5) is 0 Å². The number of rotatable bonds is 4. The zero-order valence-corrected chi connectivity index (χ0v) is 15.7. The van der Waals surface area contributed by atoms with Gasteiger partial charge in [0.2, 0.25) is 0 Å². The van der Waals surface area contributed by atoms with Crippen molar-refractivity contribution in [2.45, 2.75) is 6.92 Å². The number of hydrogen-bond donors (Lipinski definition) is 3. The molecule has 0 saturated carbocycles. The number of thiocarbonyl (C=S) groups is 1. The maximum absolute atomic E-state index is 11.9. The summed E-state index contributed by atoms with van der Waals surface area (Å²) >= 11 is 8.32. The third-order valence-electron chi connectivity index (χ3n) is 3.07. The van der Waals surface area contributed by atoms with Crippen molar-refractivity contribution in [2.75, 3.05) is 6.61 Å². The largest absolute Gasteiger partial charge is 0.483 e. The summed E-state index contributed by atoms with van der Waals surface area (Å²) in [4.78, 5) is 23.7. The van der Waals surface area contributed by atoms with Gasteiger partial charge in [0.05, 0.1) is 0 Å². The molecule has 8 heteroatoms. The Balaban J connectivity index is 1.74. The Labute approximate surface area is 159 Å². The summed E-state index contributed by atoms with van der Waals surface area (Å²) in [5.41, 5.74) is 6.19. The molecule has 0 unspecified atom stereocenters. The van der Waals surface area contributed by atoms with Gasteiger partial charge in [0.1, 0.15) is 5.75 Å². The fourth-order valence-corrected chi connectivity index (χ4v) is 2.50. The van der Waals surface area contributed by atoms with E-state index in [2.05, 4.69) is 32.1 Å². The van der Waals surface area contributed by atoms with Crippen LogP contribution in [-0.2, 0) is 4.79 Å². The molecule has 130 valence electrons. The third kappa shape index (κ3) is 6.17. The van der Waals surface area contributed by atoms with Gasteiger partial charge in [-0.15, -0.1) is 0 Å². The lowest BCUT2D eigenvalue weighted by Gasteiger charge is -2.12. The van der Waals surface area contributed by atoms with Gasteiger partial charge in [-0.05, 0) is 55.0 Å². The van der Waals surface area contributed by atoms with Gasteiger partial charge in [-0.25, -0.2) is 0 Å². The zero-order valence-electron chi connectivity index (χ0n) is 13.3. The van der Waals surface area contributed by atoms with Crippen molar-refractivity contribution < 1.29 is 14.3 Å². The van der Waals surface area contributed by atoms with Gasteiger partial charge in [0, 0.05) is 10.0 Å². The van der Waals surface area contributed by atoms with E-state index >= 15 is 0 Å². The summed E-state index contributed by atoms with van der Waals surface area (Å²) in [5, 5.41) is 2.45. The monoisotopic (exact) mass is 421 g/mol. The summed E-state index contributed by atoms with van der Waals surface area (Å²) < 4.78 is 6.37. The first-order valence-electron chi connectivity index (χ1n) is 7.30. The van der Waals surface area contributed by atoms with E-state index in [1.807, 2.05) is 19.1 Å². The minimum absolute atomic E-state index is 0.0120. The molecule has 0 heterocycles. The molecule has 0 fully saturated rings. The Morgan fingerprint density at radius 3 is 2.52 bits per heavy atom. The molecule has 0 aliphatic carbocycles. The number of hydrogen-bond acceptors (Lipinski definition) is 4. The number of halogens is 1. The second-order valence-corrected chi connectivity index (χ2v) is 6.34. The molecule has 2 aromatic carbocycles. The first-order valence-corrected chi connectivity index (χ1v) is 8.50. The zero-order chi connectivity index (χ0) is 18.2. The van der Waals surface area contributed by atoms with Crippen molar-refractivity contribution in [2.24, 2.45) is 0 Å². The standard InChI is InChI=1S/C17H16BrN3O3S/c1-11-9-13(18)7-8-14(11)24-10-15(22)20-21-17(25)19-16(23)12-5-3-2-4-6-12/h2-9H,10H2,1H3,(H,20,22)(H2,19,21,23,25). The minimum Gasteiger partial charge on any atom is -0.483 e. The molecule has 6 nitrogen and oxygen atoms in total. The predicted octanol–water partition coefficient (Wildman–Crippen LogP) is 2.47. The molecule has 0 bridgehead atoms. The fourth-order valence-electron chi connectivity index (χ4n) is 1.88. The molecule has 2 amide bonds. The van der Waals surface area contributed by atoms with E-state index in [0.29, 0.717) is 11.3 Å². The van der Waals surface area contributed by atoms with Gasteiger partial charge in [-0.3, -0.25) is 25.8 Å². The van der Waals surface area contributed by atoms with Crippen molar-refractivity contribution >= 4 is 45.1 Å². The summed E-state index contributed by atoms with van der Waals surface area (Å²) in [7, 11) is 0. The topological polar surface area (TPSA) is 79.5 Å². The molecule has 0 aliphatic heterocycles. The Hall–Kier alpha value is -2.45. The molecule has 0 radical (unpaired) electrons. The number of carbonyl (C=O) groups excluding carboxylic acids is 2. The first-order chi connectivity index (χ1) is 12.0. The lowest BCUT2D eigenvalue weighted by Crippen LogP contribution is -2.49. The summed E-state index contributed by atoms with van der Waals surface area (Å²) in [6, 6.07) is 14.1. The third-order valence-corrected chi connectivity index (χ3v) is 3.77. The number of benzene rings is 2. The fraction of sp³-hybridized carbons (Fsp3) is 0.118. The Morgan fingerprint density at radius 2 is 1.84 bits per heavy atom. The van der Waals surface area contributed by atoms with Crippen molar-refractivity contribution in [3.8, 4) is 5.75 Å². The summed E-state index contributed by atoms with van der Waals surface area (Å²) in [5.74, 6) is -0.189. The van der Waals surface area contributed by atoms with Crippen LogP contribution >= 0.6 is 28.1 Å². The van der Waals surface area contributed by atoms with Crippen molar-refractivity contribution in [3.63, 3.8) is 0 Å². The molecular formula is C17H16BrN3O3S. The predicted molar refractivity (Wildman–Crippen MR) is 102 cm³/mol. The summed E-state index contributed by atoms with van der Waals surface area (Å²) in [6.45, 7) is 1.69. The Morgan fingerprint density at radius 1 is 1.12 bits per heavy atom. The number of amides is 2. The summed E-state index contributed by atoms with van der Waals surface area (Å²) in [6.07, 6.45) is 0. The maximum atomic E-state index is 11.9. The van der Waals surface area contributed by atoms with Gasteiger partial charge in [0.15, 0.2) is 11.7 Å². The van der Waals surface area contributed by atoms with E-state index in [1.54, 1.807) is 36.4 Å². The maximum Gasteiger partial charge on any atom is 0.276 e. The minimum atomic E-state index is -0.432. The van der Waals surface area contributed by atoms with Gasteiger partial charge >= 0.3 is 0 Å². The molecule has 25 heavy (non-hydrogen) atoms. The number of carbonyl (C=O) groups is 2. The van der Waals surface area contributed by atoms with Crippen LogP contribution in [0.3, 0.4) is 0 Å². The highest BCUT2D eigenvalue weighted by molar-refractivity contribution is 9.10. The molecule has 0 saturated heterocycles. The average Bonchev–Trinajstić information content (AvgIpc) is 2.60. The van der Waals surface area contributed by atoms with Crippen LogP contribution < -0.4 is 20.9 Å². The van der Waals surface area contributed by atoms with Crippen LogP contribution in [0.1, 0.15) is 15.9 Å². The van der Waals surface area contributed by atoms with Crippen LogP contribution in [-0.4, -0.2) is 23.5 Å². The lowest BCUT2D eigenvalue weighted by molar-refractivity contribution is -0.123. The molecule has 2 aromatic rings. The van der Waals surface area contributed by atoms with Crippen LogP contribution in [0.5, 0.6) is 5.75 Å². The van der Waals surface area contributed by atoms with Gasteiger partial charge < -0.3 is 4.74 Å². The van der Waals surface area contributed by atoms with E-state index in [0.717, 1.165) is 10.0 Å². The quantitative estimate of drug-likeness (QED) is 0.521. The highest BCUT2D eigenvalue weighted by Crippen LogP contribution is 2.21. The molecule has 0 spiro atoms. The molecule has 3 N–H and O–H groups in total. The van der Waals surface area contributed by atoms with E-state index in [4.69, 9.17) is 17.0 Å². The van der Waals surface area contributed by atoms with E-state index < -0.39 is 5.91 Å². The Bertz CT molecular complexity index is 784. The van der Waals surface area contributed by atoms with Crippen LogP contribution in [0.15, 0.2) is 53.0 Å². The number of nitrogens with one attached hydrogen (secondary N) is 3. The molecular weight excluding hydrogens is 406 g/mol. The van der Waals surface area contributed by atoms with E-state index in [-0.39, 0.29) is 17.6 Å². The van der Waals surface area contributed by atoms with Crippen LogP contribution in [0, 0.1) is 6.92 Å². The number of hydrazine groups is 1. The smallest absolute Gasteiger partial charge is 0.276 e. The molecule has 0 atom stereocenters. The van der Waals surface area contributed by atoms with Crippen molar-refractivity contribution in [3.05, 3.63) is 64.1 Å². The Kier molecular flexibility index (Phi) is 6.91. The van der Waals surface area contributed by atoms with E-state index in [9.17, 15) is 9.59 Å². The van der Waals surface area contributed by atoms with Gasteiger partial charge in [-0.1, -0.05) is 34.1 Å². The van der Waals surface area contributed by atoms with Crippen LogP contribution in [0.2, 0.25) is 0 Å². The second kappa shape index (κ2) is 9.14. The van der Waals surface area contributed by atoms with Crippen molar-refractivity contribution in [1.29, 1.82) is 0 Å². The second-order valence-electron chi connectivity index (χ2n) is 5.02. The highest BCUT2D eigenvalue weighted by atomic mass is 79.9. The lowest BCUT2D eigenvalue weighted by atomic mass is 10.2. The normalized spacial score (nSPS) is 9.84. The van der Waals surface area contributed by atoms with Gasteiger partial charge in [0.25, 0.3) is 11.8 Å². The van der Waals surface area contributed by atoms with Crippen molar-refractivity contribution in [1.82, 2.24) is 16.2 Å². The van der Waals surface area contributed by atoms with Crippen LogP contribution in [0.25, 0.3) is 0 Å². The number of ether oxygens (including phenoxy) is 1. The molecule has 2 rings (SSSR count). The number of aryl methyl sites for hydroxylation is 1. The van der Waals surface area contributed by atoms with Gasteiger partial charge in [-0.2, -0.15) is 0 Å². The highest BCUT2D eigenvalue weighted by Gasteiger charge is 2.09. The molecule has 0 aliphatic rings. The first kappa shape index (κ1) is 18.9. The molecule has 0 aromatic heterocycles. The SMILES string of the molecule is Cc1cc(Br)ccc1OCC(=O)NNC(=S)NC(=O)c1ccccc1. The average molecular weight is 422 g/mol. The van der Waals surface area contributed by atoms with E-state index in [1.165, 1.54) is 0 Å².